The van der Waals surface area contributed by atoms with Crippen LogP contribution in [0.5, 0.6) is 0 Å². The van der Waals surface area contributed by atoms with Crippen LogP contribution in [-0.2, 0) is 11.3 Å². The topological polar surface area (TPSA) is 21.3 Å². The molecule has 1 saturated heterocycles. The second-order valence-corrected chi connectivity index (χ2v) is 5.07. The Hall–Kier alpha value is -0.860. The summed E-state index contributed by atoms with van der Waals surface area (Å²) in [5.41, 5.74) is 4.21. The maximum atomic E-state index is 5.49. The molecule has 0 aliphatic carbocycles. The molecule has 0 amide bonds. The van der Waals surface area contributed by atoms with E-state index in [-0.39, 0.29) is 0 Å². The molecule has 1 atom stereocenters. The Morgan fingerprint density at radius 2 is 2.24 bits per heavy atom. The van der Waals surface area contributed by atoms with Gasteiger partial charge in [-0.3, -0.25) is 0 Å². The summed E-state index contributed by atoms with van der Waals surface area (Å²) in [5, 5.41) is 3.56. The Kier molecular flexibility index (Phi) is 4.57. The fourth-order valence-electron chi connectivity index (χ4n) is 2.38. The van der Waals surface area contributed by atoms with Gasteiger partial charge in [0.1, 0.15) is 0 Å². The minimum Gasteiger partial charge on any atom is -0.381 e. The lowest BCUT2D eigenvalue weighted by molar-refractivity contribution is 0.0547. The highest BCUT2D eigenvalue weighted by Crippen LogP contribution is 2.14. The predicted molar refractivity (Wildman–Crippen MR) is 71.2 cm³/mol. The molecule has 1 unspecified atom stereocenters. The van der Waals surface area contributed by atoms with Crippen molar-refractivity contribution in [3.05, 3.63) is 34.9 Å². The van der Waals surface area contributed by atoms with Crippen LogP contribution in [0.15, 0.2) is 18.2 Å². The second kappa shape index (κ2) is 6.18. The molecule has 1 N–H and O–H groups in total. The SMILES string of the molecule is Cc1cccc(CNCC2CCCOC2)c1C. The Labute approximate surface area is 104 Å². The molecule has 1 heterocycles. The molecule has 0 saturated carbocycles. The molecule has 2 heteroatoms. The molecular weight excluding hydrogens is 210 g/mol. The molecule has 0 bridgehead atoms. The molecule has 0 aromatic heterocycles. The van der Waals surface area contributed by atoms with Crippen molar-refractivity contribution in [3.63, 3.8) is 0 Å². The van der Waals surface area contributed by atoms with Crippen LogP contribution in [0, 0.1) is 19.8 Å². The average Bonchev–Trinajstić information content (AvgIpc) is 2.36. The van der Waals surface area contributed by atoms with Crippen LogP contribution in [0.1, 0.15) is 29.5 Å². The van der Waals surface area contributed by atoms with Crippen LogP contribution in [0.2, 0.25) is 0 Å². The second-order valence-electron chi connectivity index (χ2n) is 5.07. The third kappa shape index (κ3) is 3.55. The van der Waals surface area contributed by atoms with Crippen LogP contribution in [-0.4, -0.2) is 19.8 Å². The molecule has 2 nitrogen and oxygen atoms in total. The summed E-state index contributed by atoms with van der Waals surface area (Å²) in [5.74, 6) is 0.703. The molecule has 1 aromatic rings. The summed E-state index contributed by atoms with van der Waals surface area (Å²) in [7, 11) is 0. The van der Waals surface area contributed by atoms with Gasteiger partial charge in [-0.05, 0) is 49.3 Å². The smallest absolute Gasteiger partial charge is 0.0506 e. The number of hydrogen-bond acceptors (Lipinski definition) is 2. The first-order valence-electron chi connectivity index (χ1n) is 6.61. The van der Waals surface area contributed by atoms with E-state index in [4.69, 9.17) is 4.74 Å². The maximum Gasteiger partial charge on any atom is 0.0506 e. The minimum atomic E-state index is 0.703. The van der Waals surface area contributed by atoms with E-state index in [0.29, 0.717) is 5.92 Å². The standard InChI is InChI=1S/C15H23NO/c1-12-5-3-7-15(13(12)2)10-16-9-14-6-4-8-17-11-14/h3,5,7,14,16H,4,6,8-11H2,1-2H3. The van der Waals surface area contributed by atoms with Gasteiger partial charge in [0.25, 0.3) is 0 Å². The van der Waals surface area contributed by atoms with Crippen LogP contribution in [0.25, 0.3) is 0 Å². The predicted octanol–water partition coefficient (Wildman–Crippen LogP) is 2.82. The monoisotopic (exact) mass is 233 g/mol. The minimum absolute atomic E-state index is 0.703. The molecule has 0 spiro atoms. The Bertz CT molecular complexity index is 356. The van der Waals surface area contributed by atoms with Crippen molar-refractivity contribution in [2.45, 2.75) is 33.2 Å². The maximum absolute atomic E-state index is 5.49. The number of nitrogens with one attached hydrogen (secondary N) is 1. The van der Waals surface area contributed by atoms with E-state index in [1.54, 1.807) is 0 Å². The van der Waals surface area contributed by atoms with Gasteiger partial charge < -0.3 is 10.1 Å². The summed E-state index contributed by atoms with van der Waals surface area (Å²) in [6, 6.07) is 6.53. The van der Waals surface area contributed by atoms with Crippen molar-refractivity contribution < 1.29 is 4.74 Å². The van der Waals surface area contributed by atoms with E-state index >= 15 is 0 Å². The molecule has 1 aliphatic rings. The summed E-state index contributed by atoms with van der Waals surface area (Å²) in [6.45, 7) is 8.31. The highest BCUT2D eigenvalue weighted by molar-refractivity contribution is 5.32. The van der Waals surface area contributed by atoms with Crippen molar-refractivity contribution in [3.8, 4) is 0 Å². The van der Waals surface area contributed by atoms with Gasteiger partial charge in [0.2, 0.25) is 0 Å². The third-order valence-corrected chi connectivity index (χ3v) is 3.72. The van der Waals surface area contributed by atoms with Gasteiger partial charge in [0.05, 0.1) is 6.61 Å². The number of aryl methyl sites for hydroxylation is 1. The Morgan fingerprint density at radius 1 is 1.35 bits per heavy atom. The van der Waals surface area contributed by atoms with Crippen LogP contribution < -0.4 is 5.32 Å². The molecule has 94 valence electrons. The van der Waals surface area contributed by atoms with Crippen LogP contribution >= 0.6 is 0 Å². The quantitative estimate of drug-likeness (QED) is 0.863. The lowest BCUT2D eigenvalue weighted by Gasteiger charge is -2.22. The number of rotatable bonds is 4. The first kappa shape index (κ1) is 12.6. The summed E-state index contributed by atoms with van der Waals surface area (Å²) >= 11 is 0. The van der Waals surface area contributed by atoms with Gasteiger partial charge in [-0.1, -0.05) is 18.2 Å². The summed E-state index contributed by atoms with van der Waals surface area (Å²) < 4.78 is 5.49. The molecule has 1 aliphatic heterocycles. The lowest BCUT2D eigenvalue weighted by atomic mass is 10.0. The number of hydrogen-bond donors (Lipinski definition) is 1. The normalized spacial score (nSPS) is 20.5. The van der Waals surface area contributed by atoms with E-state index < -0.39 is 0 Å². The molecule has 0 radical (unpaired) electrons. The highest BCUT2D eigenvalue weighted by Gasteiger charge is 2.13. The van der Waals surface area contributed by atoms with Crippen LogP contribution in [0.3, 0.4) is 0 Å². The molecule has 17 heavy (non-hydrogen) atoms. The number of benzene rings is 1. The first-order chi connectivity index (χ1) is 8.27. The average molecular weight is 233 g/mol. The van der Waals surface area contributed by atoms with Gasteiger partial charge >= 0.3 is 0 Å². The fourth-order valence-corrected chi connectivity index (χ4v) is 2.38. The van der Waals surface area contributed by atoms with Crippen molar-refractivity contribution in [2.75, 3.05) is 19.8 Å². The fraction of sp³-hybridized carbons (Fsp3) is 0.600. The molecule has 1 aromatic carbocycles. The zero-order chi connectivity index (χ0) is 12.1. The van der Waals surface area contributed by atoms with E-state index in [9.17, 15) is 0 Å². The zero-order valence-electron chi connectivity index (χ0n) is 11.0. The van der Waals surface area contributed by atoms with E-state index in [2.05, 4.69) is 37.4 Å². The molecular formula is C15H23NO. The third-order valence-electron chi connectivity index (χ3n) is 3.72. The summed E-state index contributed by atoms with van der Waals surface area (Å²) in [4.78, 5) is 0. The first-order valence-corrected chi connectivity index (χ1v) is 6.61. The van der Waals surface area contributed by atoms with E-state index in [1.165, 1.54) is 29.5 Å². The van der Waals surface area contributed by atoms with Gasteiger partial charge in [-0.2, -0.15) is 0 Å². The van der Waals surface area contributed by atoms with Gasteiger partial charge in [0.15, 0.2) is 0 Å². The lowest BCUT2D eigenvalue weighted by Crippen LogP contribution is -2.29. The van der Waals surface area contributed by atoms with Crippen molar-refractivity contribution in [2.24, 2.45) is 5.92 Å². The van der Waals surface area contributed by atoms with Gasteiger partial charge in [0, 0.05) is 19.7 Å². The van der Waals surface area contributed by atoms with E-state index in [0.717, 1.165) is 26.3 Å². The van der Waals surface area contributed by atoms with Gasteiger partial charge in [-0.25, -0.2) is 0 Å². The highest BCUT2D eigenvalue weighted by atomic mass is 16.5. The number of ether oxygens (including phenoxy) is 1. The molecule has 1 fully saturated rings. The zero-order valence-corrected chi connectivity index (χ0v) is 11.0. The van der Waals surface area contributed by atoms with Crippen molar-refractivity contribution >= 4 is 0 Å². The van der Waals surface area contributed by atoms with Crippen LogP contribution in [0.4, 0.5) is 0 Å². The Morgan fingerprint density at radius 3 is 3.00 bits per heavy atom. The van der Waals surface area contributed by atoms with Gasteiger partial charge in [-0.15, -0.1) is 0 Å². The van der Waals surface area contributed by atoms with Crippen molar-refractivity contribution in [1.82, 2.24) is 5.32 Å². The van der Waals surface area contributed by atoms with E-state index in [1.807, 2.05) is 0 Å². The largest absolute Gasteiger partial charge is 0.381 e. The molecule has 2 rings (SSSR count). The summed E-state index contributed by atoms with van der Waals surface area (Å²) in [6.07, 6.45) is 2.52. The van der Waals surface area contributed by atoms with Crippen molar-refractivity contribution in [1.29, 1.82) is 0 Å². The Balaban J connectivity index is 1.79.